The third-order valence-electron chi connectivity index (χ3n) is 2.30. The first-order valence-electron chi connectivity index (χ1n) is 4.84. The molecule has 1 aromatic heterocycles. The Bertz CT molecular complexity index is 486. The van der Waals surface area contributed by atoms with E-state index >= 15 is 0 Å². The molecule has 2 rings (SSSR count). The van der Waals surface area contributed by atoms with Crippen molar-refractivity contribution in [3.63, 3.8) is 0 Å². The summed E-state index contributed by atoms with van der Waals surface area (Å²) < 4.78 is 0. The van der Waals surface area contributed by atoms with Crippen molar-refractivity contribution in [1.29, 1.82) is 0 Å². The van der Waals surface area contributed by atoms with Crippen LogP contribution in [-0.2, 0) is 0 Å². The maximum Gasteiger partial charge on any atom is 0.490 e. The minimum absolute atomic E-state index is 0.370. The van der Waals surface area contributed by atoms with Crippen molar-refractivity contribution in [2.45, 2.75) is 0 Å². The smallest absolute Gasteiger partial charge is 0.423 e. The molecular formula is C11H11BN2O2. The molecule has 16 heavy (non-hydrogen) atoms. The molecule has 0 amide bonds. The van der Waals surface area contributed by atoms with Crippen molar-refractivity contribution < 1.29 is 10.0 Å². The van der Waals surface area contributed by atoms with Gasteiger partial charge in [0.1, 0.15) is 0 Å². The molecular weight excluding hydrogens is 203 g/mol. The van der Waals surface area contributed by atoms with E-state index in [9.17, 15) is 0 Å². The van der Waals surface area contributed by atoms with Crippen molar-refractivity contribution >= 4 is 18.3 Å². The van der Waals surface area contributed by atoms with E-state index in [4.69, 9.17) is 15.8 Å². The average Bonchev–Trinajstić information content (AvgIpc) is 2.30. The maximum absolute atomic E-state index is 9.03. The standard InChI is InChI=1S/C11H11BN2O2/c13-11-3-1-8(2-4-11)9-5-10(12(15)16)7-14-6-9/h1-7,15-16H,13H2. The third-order valence-corrected chi connectivity index (χ3v) is 2.30. The number of hydrogen-bond donors (Lipinski definition) is 3. The van der Waals surface area contributed by atoms with Crippen LogP contribution >= 0.6 is 0 Å². The van der Waals surface area contributed by atoms with E-state index in [0.717, 1.165) is 11.1 Å². The highest BCUT2D eigenvalue weighted by molar-refractivity contribution is 6.58. The molecule has 0 fully saturated rings. The summed E-state index contributed by atoms with van der Waals surface area (Å²) in [6.07, 6.45) is 3.09. The lowest BCUT2D eigenvalue weighted by Crippen LogP contribution is -2.30. The molecule has 0 aliphatic carbocycles. The summed E-state index contributed by atoms with van der Waals surface area (Å²) in [6, 6.07) is 8.98. The molecule has 80 valence electrons. The Labute approximate surface area is 93.5 Å². The Hall–Kier alpha value is -1.85. The summed E-state index contributed by atoms with van der Waals surface area (Å²) >= 11 is 0. The zero-order valence-corrected chi connectivity index (χ0v) is 8.54. The maximum atomic E-state index is 9.03. The second kappa shape index (κ2) is 4.34. The third kappa shape index (κ3) is 2.21. The van der Waals surface area contributed by atoms with E-state index in [-0.39, 0.29) is 0 Å². The molecule has 0 saturated carbocycles. The SMILES string of the molecule is Nc1ccc(-c2cncc(B(O)O)c2)cc1. The molecule has 0 radical (unpaired) electrons. The Morgan fingerprint density at radius 3 is 2.31 bits per heavy atom. The predicted octanol–water partition coefficient (Wildman–Crippen LogP) is 0.0106. The molecule has 5 heteroatoms. The lowest BCUT2D eigenvalue weighted by Gasteiger charge is -2.04. The normalized spacial score (nSPS) is 10.1. The van der Waals surface area contributed by atoms with Gasteiger partial charge in [0.05, 0.1) is 0 Å². The Kier molecular flexibility index (Phi) is 2.89. The number of hydrogen-bond acceptors (Lipinski definition) is 4. The molecule has 4 N–H and O–H groups in total. The van der Waals surface area contributed by atoms with Gasteiger partial charge in [0, 0.05) is 23.5 Å². The van der Waals surface area contributed by atoms with Gasteiger partial charge in [-0.3, -0.25) is 4.98 Å². The Morgan fingerprint density at radius 2 is 1.69 bits per heavy atom. The second-order valence-corrected chi connectivity index (χ2v) is 3.50. The van der Waals surface area contributed by atoms with Gasteiger partial charge in [-0.05, 0) is 23.3 Å². The molecule has 0 saturated heterocycles. The lowest BCUT2D eigenvalue weighted by atomic mass is 9.80. The van der Waals surface area contributed by atoms with Crippen LogP contribution in [0.4, 0.5) is 5.69 Å². The van der Waals surface area contributed by atoms with Crippen LogP contribution in [0.1, 0.15) is 0 Å². The Balaban J connectivity index is 2.40. The molecule has 0 atom stereocenters. The fraction of sp³-hybridized carbons (Fsp3) is 0. The highest BCUT2D eigenvalue weighted by atomic mass is 16.4. The molecule has 0 aliphatic rings. The number of benzene rings is 1. The van der Waals surface area contributed by atoms with Gasteiger partial charge in [0.2, 0.25) is 0 Å². The van der Waals surface area contributed by atoms with E-state index in [1.807, 2.05) is 12.1 Å². The average molecular weight is 214 g/mol. The minimum Gasteiger partial charge on any atom is -0.423 e. The Morgan fingerprint density at radius 1 is 1.00 bits per heavy atom. The first-order chi connectivity index (χ1) is 7.66. The van der Waals surface area contributed by atoms with Gasteiger partial charge >= 0.3 is 7.12 Å². The summed E-state index contributed by atoms with van der Waals surface area (Å²) in [5, 5.41) is 18.1. The summed E-state index contributed by atoms with van der Waals surface area (Å²) in [4.78, 5) is 3.95. The highest BCUT2D eigenvalue weighted by Crippen LogP contribution is 2.18. The van der Waals surface area contributed by atoms with Crippen LogP contribution < -0.4 is 11.2 Å². The monoisotopic (exact) mass is 214 g/mol. The lowest BCUT2D eigenvalue weighted by molar-refractivity contribution is 0.425. The summed E-state index contributed by atoms with van der Waals surface area (Å²) in [5.41, 5.74) is 8.41. The van der Waals surface area contributed by atoms with E-state index < -0.39 is 7.12 Å². The highest BCUT2D eigenvalue weighted by Gasteiger charge is 2.11. The fourth-order valence-electron chi connectivity index (χ4n) is 1.43. The van der Waals surface area contributed by atoms with Crippen LogP contribution in [0.3, 0.4) is 0 Å². The number of pyridine rings is 1. The van der Waals surface area contributed by atoms with Crippen LogP contribution in [0, 0.1) is 0 Å². The van der Waals surface area contributed by atoms with E-state index in [0.29, 0.717) is 11.2 Å². The first kappa shape index (κ1) is 10.7. The fourth-order valence-corrected chi connectivity index (χ4v) is 1.43. The van der Waals surface area contributed by atoms with Gasteiger partial charge in [-0.1, -0.05) is 18.2 Å². The number of aromatic nitrogens is 1. The van der Waals surface area contributed by atoms with Crippen molar-refractivity contribution in [1.82, 2.24) is 4.98 Å². The first-order valence-corrected chi connectivity index (χ1v) is 4.84. The van der Waals surface area contributed by atoms with Crippen molar-refractivity contribution in [3.8, 4) is 11.1 Å². The number of nitrogens with zero attached hydrogens (tertiary/aromatic N) is 1. The minimum atomic E-state index is -1.50. The molecule has 0 bridgehead atoms. The quantitative estimate of drug-likeness (QED) is 0.486. The van der Waals surface area contributed by atoms with Crippen LogP contribution in [-0.4, -0.2) is 22.2 Å². The number of nitrogen functional groups attached to an aromatic ring is 1. The molecule has 0 aliphatic heterocycles. The zero-order valence-electron chi connectivity index (χ0n) is 8.54. The number of nitrogens with two attached hydrogens (primary N) is 1. The van der Waals surface area contributed by atoms with E-state index in [2.05, 4.69) is 4.98 Å². The van der Waals surface area contributed by atoms with Gasteiger partial charge in [-0.25, -0.2) is 0 Å². The van der Waals surface area contributed by atoms with Crippen molar-refractivity contribution in [2.24, 2.45) is 0 Å². The van der Waals surface area contributed by atoms with Gasteiger partial charge in [0.25, 0.3) is 0 Å². The zero-order chi connectivity index (χ0) is 11.5. The predicted molar refractivity (Wildman–Crippen MR) is 63.9 cm³/mol. The van der Waals surface area contributed by atoms with Gasteiger partial charge in [-0.2, -0.15) is 0 Å². The number of anilines is 1. The largest absolute Gasteiger partial charge is 0.490 e. The summed E-state index contributed by atoms with van der Waals surface area (Å²) in [5.74, 6) is 0. The van der Waals surface area contributed by atoms with Crippen LogP contribution in [0.15, 0.2) is 42.7 Å². The van der Waals surface area contributed by atoms with Gasteiger partial charge in [-0.15, -0.1) is 0 Å². The van der Waals surface area contributed by atoms with Gasteiger partial charge < -0.3 is 15.8 Å². The molecule has 0 spiro atoms. The van der Waals surface area contributed by atoms with Crippen molar-refractivity contribution in [2.75, 3.05) is 5.73 Å². The molecule has 1 heterocycles. The van der Waals surface area contributed by atoms with Crippen molar-refractivity contribution in [3.05, 3.63) is 42.7 Å². The molecule has 1 aromatic carbocycles. The topological polar surface area (TPSA) is 79.4 Å². The van der Waals surface area contributed by atoms with Crippen LogP contribution in [0.25, 0.3) is 11.1 Å². The van der Waals surface area contributed by atoms with Gasteiger partial charge in [0.15, 0.2) is 0 Å². The van der Waals surface area contributed by atoms with E-state index in [1.54, 1.807) is 24.4 Å². The number of rotatable bonds is 2. The summed E-state index contributed by atoms with van der Waals surface area (Å²) in [6.45, 7) is 0. The molecule has 0 unspecified atom stereocenters. The second-order valence-electron chi connectivity index (χ2n) is 3.50. The molecule has 2 aromatic rings. The van der Waals surface area contributed by atoms with Crippen LogP contribution in [0.5, 0.6) is 0 Å². The molecule has 4 nitrogen and oxygen atoms in total. The van der Waals surface area contributed by atoms with E-state index in [1.165, 1.54) is 6.20 Å². The van der Waals surface area contributed by atoms with Crippen LogP contribution in [0.2, 0.25) is 0 Å². The summed E-state index contributed by atoms with van der Waals surface area (Å²) in [7, 11) is -1.50.